The van der Waals surface area contributed by atoms with Gasteiger partial charge in [-0.05, 0) is 30.5 Å². The smallest absolute Gasteiger partial charge is 0.127 e. The Morgan fingerprint density at radius 3 is 2.92 bits per heavy atom. The number of hydrogen-bond acceptors (Lipinski definition) is 1. The maximum Gasteiger partial charge on any atom is 0.127 e. The topological polar surface area (TPSA) is 12.5 Å². The monoisotopic (exact) mass is 244 g/mol. The number of benzene rings is 1. The standard InChI is InChI=1S/C10H10BrFO/c11-8-3-1-7(10(12)5-8)2-4-9-6-13-9/h1,3,5,9H,2,4,6H2. The summed E-state index contributed by atoms with van der Waals surface area (Å²) in [5, 5.41) is 0. The molecule has 2 rings (SSSR count). The van der Waals surface area contributed by atoms with E-state index in [1.54, 1.807) is 0 Å². The van der Waals surface area contributed by atoms with Gasteiger partial charge in [-0.3, -0.25) is 0 Å². The van der Waals surface area contributed by atoms with E-state index in [4.69, 9.17) is 4.74 Å². The Kier molecular flexibility index (Phi) is 2.65. The van der Waals surface area contributed by atoms with Crippen molar-refractivity contribution in [3.63, 3.8) is 0 Å². The second-order valence-corrected chi connectivity index (χ2v) is 4.15. The van der Waals surface area contributed by atoms with E-state index in [-0.39, 0.29) is 5.82 Å². The quantitative estimate of drug-likeness (QED) is 0.746. The fourth-order valence-corrected chi connectivity index (χ4v) is 1.61. The highest BCUT2D eigenvalue weighted by atomic mass is 79.9. The first kappa shape index (κ1) is 9.16. The van der Waals surface area contributed by atoms with E-state index in [1.807, 2.05) is 12.1 Å². The third-order valence-electron chi connectivity index (χ3n) is 2.15. The summed E-state index contributed by atoms with van der Waals surface area (Å²) in [5.41, 5.74) is 0.777. The van der Waals surface area contributed by atoms with Crippen LogP contribution < -0.4 is 0 Å². The molecule has 13 heavy (non-hydrogen) atoms. The molecule has 1 aliphatic rings. The maximum atomic E-state index is 13.3. The van der Waals surface area contributed by atoms with Crippen molar-refractivity contribution in [3.05, 3.63) is 34.1 Å². The molecule has 1 aromatic carbocycles. The van der Waals surface area contributed by atoms with Gasteiger partial charge in [-0.25, -0.2) is 4.39 Å². The molecule has 0 saturated carbocycles. The van der Waals surface area contributed by atoms with Gasteiger partial charge in [0.05, 0.1) is 12.7 Å². The van der Waals surface area contributed by atoms with Gasteiger partial charge in [0, 0.05) is 4.47 Å². The van der Waals surface area contributed by atoms with Crippen molar-refractivity contribution in [2.75, 3.05) is 6.61 Å². The van der Waals surface area contributed by atoms with Crippen molar-refractivity contribution >= 4 is 15.9 Å². The molecule has 1 aliphatic heterocycles. The molecular formula is C10H10BrFO. The van der Waals surface area contributed by atoms with E-state index in [0.29, 0.717) is 6.10 Å². The van der Waals surface area contributed by atoms with Crippen LogP contribution in [0.3, 0.4) is 0 Å². The number of rotatable bonds is 3. The van der Waals surface area contributed by atoms with Crippen LogP contribution in [0.4, 0.5) is 4.39 Å². The highest BCUT2D eigenvalue weighted by Gasteiger charge is 2.22. The van der Waals surface area contributed by atoms with Crippen molar-refractivity contribution in [3.8, 4) is 0 Å². The van der Waals surface area contributed by atoms with Crippen molar-refractivity contribution in [1.29, 1.82) is 0 Å². The molecule has 0 radical (unpaired) electrons. The SMILES string of the molecule is Fc1cc(Br)ccc1CCC1CO1. The minimum atomic E-state index is -0.130. The zero-order valence-corrected chi connectivity index (χ0v) is 8.68. The first-order valence-electron chi connectivity index (χ1n) is 4.31. The molecule has 1 atom stereocenters. The fraction of sp³-hybridized carbons (Fsp3) is 0.400. The fourth-order valence-electron chi connectivity index (χ4n) is 1.28. The average molecular weight is 245 g/mol. The number of epoxide rings is 1. The summed E-state index contributed by atoms with van der Waals surface area (Å²) in [6.07, 6.45) is 2.07. The van der Waals surface area contributed by atoms with Gasteiger partial charge in [0.2, 0.25) is 0 Å². The van der Waals surface area contributed by atoms with Crippen LogP contribution in [0.25, 0.3) is 0 Å². The third kappa shape index (κ3) is 2.51. The van der Waals surface area contributed by atoms with E-state index < -0.39 is 0 Å². The lowest BCUT2D eigenvalue weighted by Gasteiger charge is -2.01. The van der Waals surface area contributed by atoms with Crippen LogP contribution in [0, 0.1) is 5.82 Å². The van der Waals surface area contributed by atoms with Crippen molar-refractivity contribution in [2.24, 2.45) is 0 Å². The van der Waals surface area contributed by atoms with Crippen LogP contribution in [-0.2, 0) is 11.2 Å². The molecule has 3 heteroatoms. The Morgan fingerprint density at radius 1 is 1.54 bits per heavy atom. The van der Waals surface area contributed by atoms with E-state index in [1.165, 1.54) is 6.07 Å². The average Bonchev–Trinajstić information content (AvgIpc) is 2.86. The second-order valence-electron chi connectivity index (χ2n) is 3.23. The van der Waals surface area contributed by atoms with Crippen LogP contribution >= 0.6 is 15.9 Å². The van der Waals surface area contributed by atoms with Gasteiger partial charge in [-0.1, -0.05) is 22.0 Å². The highest BCUT2D eigenvalue weighted by Crippen LogP contribution is 2.20. The van der Waals surface area contributed by atoms with Crippen LogP contribution in [0.1, 0.15) is 12.0 Å². The normalized spacial score (nSPS) is 20.3. The Balaban J connectivity index is 2.01. The summed E-state index contributed by atoms with van der Waals surface area (Å²) in [4.78, 5) is 0. The first-order chi connectivity index (χ1) is 6.25. The lowest BCUT2D eigenvalue weighted by Crippen LogP contribution is -1.94. The van der Waals surface area contributed by atoms with Crippen molar-refractivity contribution in [1.82, 2.24) is 0 Å². The molecule has 1 heterocycles. The first-order valence-corrected chi connectivity index (χ1v) is 5.10. The molecule has 0 amide bonds. The molecule has 1 nitrogen and oxygen atoms in total. The summed E-state index contributed by atoms with van der Waals surface area (Å²) < 4.78 is 19.1. The maximum absolute atomic E-state index is 13.3. The number of ether oxygens (including phenoxy) is 1. The molecule has 1 fully saturated rings. The van der Waals surface area contributed by atoms with Gasteiger partial charge in [0.15, 0.2) is 0 Å². The molecule has 0 aromatic heterocycles. The van der Waals surface area contributed by atoms with Crippen molar-refractivity contribution in [2.45, 2.75) is 18.9 Å². The van der Waals surface area contributed by atoms with E-state index in [0.717, 1.165) is 29.5 Å². The molecule has 0 bridgehead atoms. The predicted molar refractivity (Wildman–Crippen MR) is 52.2 cm³/mol. The molecule has 1 aromatic rings. The second kappa shape index (κ2) is 3.76. The zero-order chi connectivity index (χ0) is 9.26. The van der Waals surface area contributed by atoms with Gasteiger partial charge in [-0.15, -0.1) is 0 Å². The molecular weight excluding hydrogens is 235 g/mol. The van der Waals surface area contributed by atoms with Gasteiger partial charge < -0.3 is 4.74 Å². The third-order valence-corrected chi connectivity index (χ3v) is 2.65. The zero-order valence-electron chi connectivity index (χ0n) is 7.09. The molecule has 0 spiro atoms. The Morgan fingerprint density at radius 2 is 2.31 bits per heavy atom. The van der Waals surface area contributed by atoms with Crippen molar-refractivity contribution < 1.29 is 9.13 Å². The summed E-state index contributed by atoms with van der Waals surface area (Å²) in [6, 6.07) is 5.19. The highest BCUT2D eigenvalue weighted by molar-refractivity contribution is 9.10. The van der Waals surface area contributed by atoms with E-state index in [9.17, 15) is 4.39 Å². The van der Waals surface area contributed by atoms with Gasteiger partial charge in [0.1, 0.15) is 5.82 Å². The Bertz CT molecular complexity index is 310. The molecule has 1 unspecified atom stereocenters. The molecule has 0 aliphatic carbocycles. The summed E-state index contributed by atoms with van der Waals surface area (Å²) in [6.45, 7) is 0.845. The van der Waals surface area contributed by atoms with E-state index in [2.05, 4.69) is 15.9 Å². The van der Waals surface area contributed by atoms with Crippen LogP contribution in [0.2, 0.25) is 0 Å². The Hall–Kier alpha value is -0.410. The van der Waals surface area contributed by atoms with Gasteiger partial charge in [-0.2, -0.15) is 0 Å². The van der Waals surface area contributed by atoms with Crippen LogP contribution in [-0.4, -0.2) is 12.7 Å². The van der Waals surface area contributed by atoms with E-state index >= 15 is 0 Å². The summed E-state index contributed by atoms with van der Waals surface area (Å²) >= 11 is 3.22. The van der Waals surface area contributed by atoms with Gasteiger partial charge >= 0.3 is 0 Å². The summed E-state index contributed by atoms with van der Waals surface area (Å²) in [7, 11) is 0. The molecule has 0 N–H and O–H groups in total. The lowest BCUT2D eigenvalue weighted by molar-refractivity contribution is 0.395. The number of hydrogen-bond donors (Lipinski definition) is 0. The van der Waals surface area contributed by atoms with Crippen LogP contribution in [0.5, 0.6) is 0 Å². The Labute approximate surface area is 85.0 Å². The summed E-state index contributed by atoms with van der Waals surface area (Å²) in [5.74, 6) is -0.130. The number of aryl methyl sites for hydroxylation is 1. The molecule has 70 valence electrons. The largest absolute Gasteiger partial charge is 0.373 e. The predicted octanol–water partition coefficient (Wildman–Crippen LogP) is 2.92. The van der Waals surface area contributed by atoms with Gasteiger partial charge in [0.25, 0.3) is 0 Å². The van der Waals surface area contributed by atoms with Crippen LogP contribution in [0.15, 0.2) is 22.7 Å². The molecule has 1 saturated heterocycles. The minimum Gasteiger partial charge on any atom is -0.373 e. The number of halogens is 2. The minimum absolute atomic E-state index is 0.130. The lowest BCUT2D eigenvalue weighted by atomic mass is 10.1.